The topological polar surface area (TPSA) is 30.5 Å². The van der Waals surface area contributed by atoms with Crippen LogP contribution in [0.2, 0.25) is 0 Å². The molecule has 0 saturated heterocycles. The Balaban J connectivity index is 1.69. The van der Waals surface area contributed by atoms with Crippen molar-refractivity contribution in [2.75, 3.05) is 13.7 Å². The maximum absolute atomic E-state index is 14.4. The van der Waals surface area contributed by atoms with E-state index < -0.39 is 0 Å². The third kappa shape index (κ3) is 3.67. The van der Waals surface area contributed by atoms with E-state index in [0.29, 0.717) is 23.7 Å². The number of halogens is 1. The molecule has 1 unspecified atom stereocenters. The molecule has 4 heteroatoms. The Kier molecular flexibility index (Phi) is 5.07. The van der Waals surface area contributed by atoms with Gasteiger partial charge in [-0.15, -0.1) is 0 Å². The average Bonchev–Trinajstić information content (AvgIpc) is 2.72. The zero-order chi connectivity index (χ0) is 18.6. The van der Waals surface area contributed by atoms with Gasteiger partial charge < -0.3 is 14.8 Å². The SMILES string of the molecule is COc1cc2c(cc1OCc1ccccc1)C(c1ccccc1F)NCC2. The highest BCUT2D eigenvalue weighted by atomic mass is 19.1. The second-order valence-corrected chi connectivity index (χ2v) is 6.63. The molecule has 27 heavy (non-hydrogen) atoms. The summed E-state index contributed by atoms with van der Waals surface area (Å²) in [5.74, 6) is 1.18. The molecular formula is C23H22FNO2. The largest absolute Gasteiger partial charge is 0.493 e. The lowest BCUT2D eigenvalue weighted by Gasteiger charge is -2.29. The Bertz CT molecular complexity index is 927. The van der Waals surface area contributed by atoms with Crippen molar-refractivity contribution in [3.05, 3.63) is 94.8 Å². The van der Waals surface area contributed by atoms with Gasteiger partial charge in [-0.1, -0.05) is 48.5 Å². The zero-order valence-electron chi connectivity index (χ0n) is 15.2. The van der Waals surface area contributed by atoms with Crippen LogP contribution in [-0.2, 0) is 13.0 Å². The van der Waals surface area contributed by atoms with E-state index >= 15 is 0 Å². The van der Waals surface area contributed by atoms with E-state index in [1.165, 1.54) is 6.07 Å². The molecule has 1 atom stereocenters. The molecule has 0 fully saturated rings. The second kappa shape index (κ2) is 7.80. The molecule has 3 aromatic rings. The molecule has 0 spiro atoms. The van der Waals surface area contributed by atoms with Crippen LogP contribution in [0.15, 0.2) is 66.7 Å². The molecule has 138 valence electrons. The van der Waals surface area contributed by atoms with Gasteiger partial charge in [0.05, 0.1) is 13.2 Å². The fraction of sp³-hybridized carbons (Fsp3) is 0.217. The summed E-state index contributed by atoms with van der Waals surface area (Å²) in [6, 6.07) is 20.7. The number of ether oxygens (including phenoxy) is 2. The van der Waals surface area contributed by atoms with E-state index in [2.05, 4.69) is 5.32 Å². The monoisotopic (exact) mass is 363 g/mol. The molecule has 1 heterocycles. The van der Waals surface area contributed by atoms with E-state index in [-0.39, 0.29) is 11.9 Å². The van der Waals surface area contributed by atoms with Gasteiger partial charge in [-0.2, -0.15) is 0 Å². The predicted octanol–water partition coefficient (Wildman–Crippen LogP) is 4.65. The van der Waals surface area contributed by atoms with Gasteiger partial charge in [0.25, 0.3) is 0 Å². The lowest BCUT2D eigenvalue weighted by Crippen LogP contribution is -2.31. The van der Waals surface area contributed by atoms with Gasteiger partial charge in [0, 0.05) is 12.1 Å². The van der Waals surface area contributed by atoms with Crippen molar-refractivity contribution in [2.45, 2.75) is 19.1 Å². The van der Waals surface area contributed by atoms with Crippen molar-refractivity contribution in [2.24, 2.45) is 0 Å². The van der Waals surface area contributed by atoms with Crippen LogP contribution in [0.5, 0.6) is 11.5 Å². The normalized spacial score (nSPS) is 15.9. The van der Waals surface area contributed by atoms with Crippen LogP contribution >= 0.6 is 0 Å². The maximum Gasteiger partial charge on any atom is 0.162 e. The molecule has 0 aromatic heterocycles. The summed E-state index contributed by atoms with van der Waals surface area (Å²) in [6.07, 6.45) is 0.871. The molecule has 3 aromatic carbocycles. The Hall–Kier alpha value is -2.85. The number of benzene rings is 3. The van der Waals surface area contributed by atoms with Crippen molar-refractivity contribution in [1.82, 2.24) is 5.32 Å². The minimum Gasteiger partial charge on any atom is -0.493 e. The molecule has 1 N–H and O–H groups in total. The average molecular weight is 363 g/mol. The highest BCUT2D eigenvalue weighted by Gasteiger charge is 2.25. The predicted molar refractivity (Wildman–Crippen MR) is 104 cm³/mol. The first-order valence-electron chi connectivity index (χ1n) is 9.11. The molecule has 4 rings (SSSR count). The lowest BCUT2D eigenvalue weighted by atomic mass is 9.89. The van der Waals surface area contributed by atoms with Crippen LogP contribution in [0.4, 0.5) is 4.39 Å². The van der Waals surface area contributed by atoms with Crippen LogP contribution in [-0.4, -0.2) is 13.7 Å². The Morgan fingerprint density at radius 2 is 1.74 bits per heavy atom. The number of fused-ring (bicyclic) bond motifs is 1. The van der Waals surface area contributed by atoms with E-state index in [9.17, 15) is 4.39 Å². The van der Waals surface area contributed by atoms with E-state index in [0.717, 1.165) is 29.7 Å². The van der Waals surface area contributed by atoms with Gasteiger partial charge in [0.2, 0.25) is 0 Å². The van der Waals surface area contributed by atoms with Crippen molar-refractivity contribution in [3.63, 3.8) is 0 Å². The first-order valence-corrected chi connectivity index (χ1v) is 9.11. The van der Waals surface area contributed by atoms with Crippen molar-refractivity contribution in [3.8, 4) is 11.5 Å². The number of nitrogens with one attached hydrogen (secondary N) is 1. The van der Waals surface area contributed by atoms with Gasteiger partial charge in [-0.25, -0.2) is 4.39 Å². The van der Waals surface area contributed by atoms with Crippen LogP contribution in [0.1, 0.15) is 28.3 Å². The molecule has 0 amide bonds. The fourth-order valence-electron chi connectivity index (χ4n) is 3.56. The van der Waals surface area contributed by atoms with Gasteiger partial charge in [-0.3, -0.25) is 0 Å². The van der Waals surface area contributed by atoms with Crippen LogP contribution in [0.3, 0.4) is 0 Å². The summed E-state index contributed by atoms with van der Waals surface area (Å²) in [5, 5.41) is 3.43. The van der Waals surface area contributed by atoms with Crippen molar-refractivity contribution < 1.29 is 13.9 Å². The third-order valence-electron chi connectivity index (χ3n) is 4.93. The van der Waals surface area contributed by atoms with E-state index in [4.69, 9.17) is 9.47 Å². The molecule has 1 aliphatic rings. The third-order valence-corrected chi connectivity index (χ3v) is 4.93. The number of hydrogen-bond donors (Lipinski definition) is 1. The second-order valence-electron chi connectivity index (χ2n) is 6.63. The number of hydrogen-bond acceptors (Lipinski definition) is 3. The summed E-state index contributed by atoms with van der Waals surface area (Å²) in [4.78, 5) is 0. The summed E-state index contributed by atoms with van der Waals surface area (Å²) in [7, 11) is 1.65. The van der Waals surface area contributed by atoms with Gasteiger partial charge in [0.1, 0.15) is 12.4 Å². The van der Waals surface area contributed by atoms with Crippen LogP contribution in [0, 0.1) is 5.82 Å². The van der Waals surface area contributed by atoms with Gasteiger partial charge in [-0.05, 0) is 41.3 Å². The highest BCUT2D eigenvalue weighted by molar-refractivity contribution is 5.51. The molecule has 0 saturated carbocycles. The lowest BCUT2D eigenvalue weighted by molar-refractivity contribution is 0.283. The van der Waals surface area contributed by atoms with Gasteiger partial charge in [0.15, 0.2) is 11.5 Å². The molecule has 0 radical (unpaired) electrons. The van der Waals surface area contributed by atoms with E-state index in [1.807, 2.05) is 54.6 Å². The first-order chi connectivity index (χ1) is 13.3. The van der Waals surface area contributed by atoms with Crippen LogP contribution in [0.25, 0.3) is 0 Å². The van der Waals surface area contributed by atoms with Crippen molar-refractivity contribution in [1.29, 1.82) is 0 Å². The van der Waals surface area contributed by atoms with Crippen LogP contribution < -0.4 is 14.8 Å². The Morgan fingerprint density at radius 3 is 2.52 bits per heavy atom. The summed E-state index contributed by atoms with van der Waals surface area (Å²) in [6.45, 7) is 1.24. The molecular weight excluding hydrogens is 341 g/mol. The summed E-state index contributed by atoms with van der Waals surface area (Å²) < 4.78 is 26.0. The summed E-state index contributed by atoms with van der Waals surface area (Å²) >= 11 is 0. The quantitative estimate of drug-likeness (QED) is 0.716. The van der Waals surface area contributed by atoms with Gasteiger partial charge >= 0.3 is 0 Å². The minimum absolute atomic E-state index is 0.195. The fourth-order valence-corrected chi connectivity index (χ4v) is 3.56. The zero-order valence-corrected chi connectivity index (χ0v) is 15.2. The molecule has 3 nitrogen and oxygen atoms in total. The smallest absolute Gasteiger partial charge is 0.162 e. The summed E-state index contributed by atoms with van der Waals surface area (Å²) in [5.41, 5.74) is 3.93. The number of methoxy groups -OCH3 is 1. The highest BCUT2D eigenvalue weighted by Crippen LogP contribution is 2.38. The maximum atomic E-state index is 14.4. The van der Waals surface area contributed by atoms with Crippen molar-refractivity contribution >= 4 is 0 Å². The minimum atomic E-state index is -0.203. The number of rotatable bonds is 5. The Labute approximate surface area is 158 Å². The molecule has 0 aliphatic carbocycles. The first kappa shape index (κ1) is 17.6. The standard InChI is InChI=1S/C23H22FNO2/c1-26-21-13-17-11-12-25-23(18-9-5-6-10-20(18)24)19(17)14-22(21)27-15-16-7-3-2-4-8-16/h2-10,13-14,23,25H,11-12,15H2,1H3. The molecule has 0 bridgehead atoms. The Morgan fingerprint density at radius 1 is 0.963 bits per heavy atom. The molecule has 1 aliphatic heterocycles. The van der Waals surface area contributed by atoms with E-state index in [1.54, 1.807) is 13.2 Å².